The fraction of sp³-hybridized carbons (Fsp3) is 0.500. The highest BCUT2D eigenvalue weighted by Crippen LogP contribution is 2.32. The number of carbonyl (C=O) groups excluding carboxylic acids is 4. The summed E-state index contributed by atoms with van der Waals surface area (Å²) in [5.41, 5.74) is 3.99. The van der Waals surface area contributed by atoms with Gasteiger partial charge in [-0.05, 0) is 56.2 Å². The van der Waals surface area contributed by atoms with Crippen molar-refractivity contribution >= 4 is 46.0 Å². The van der Waals surface area contributed by atoms with Crippen molar-refractivity contribution in [1.29, 1.82) is 0 Å². The second kappa shape index (κ2) is 17.6. The molecule has 2 atom stereocenters. The van der Waals surface area contributed by atoms with Crippen molar-refractivity contribution in [1.82, 2.24) is 40.2 Å². The third-order valence-corrected chi connectivity index (χ3v) is 11.8. The molecule has 8 rings (SSSR count). The molecule has 1 unspecified atom stereocenters. The van der Waals surface area contributed by atoms with Crippen LogP contribution in [0.1, 0.15) is 66.7 Å². The highest BCUT2D eigenvalue weighted by molar-refractivity contribution is 6.23. The second-order valence-electron chi connectivity index (χ2n) is 15.5. The van der Waals surface area contributed by atoms with Gasteiger partial charge in [-0.3, -0.25) is 44.3 Å². The first-order valence-electron chi connectivity index (χ1n) is 20.6. The zero-order valence-corrected chi connectivity index (χ0v) is 33.3. The van der Waals surface area contributed by atoms with E-state index in [4.69, 9.17) is 9.47 Å². The number of benzene rings is 2. The summed E-state index contributed by atoms with van der Waals surface area (Å²) in [6, 6.07) is 12.7. The van der Waals surface area contributed by atoms with Crippen LogP contribution in [0.2, 0.25) is 0 Å². The molecular weight excluding hydrogens is 741 g/mol. The standard InChI is InChI=1S/C42H52N10O6/c1-3-4-5-20-58-30-7-9-34-33(24-30)39(47-46-34)35-25-37(44-27-43-35)51-17-16-49(28(2)26-51)19-22-57-21-18-48-12-14-50(15-13-48)29-6-8-31-32(23-29)42(56)52(41(31)55)36-10-11-38(53)45-40(36)54/h6-9,23-25,27-28,36H,3-5,10-22,26H2,1-2H3,(H,46,47)(H,45,53,54)/t28-,36?/m0/s1. The number of carbonyl (C=O) groups is 4. The number of fused-ring (bicyclic) bond motifs is 2. The maximum atomic E-state index is 13.3. The predicted molar refractivity (Wildman–Crippen MR) is 218 cm³/mol. The maximum absolute atomic E-state index is 13.3. The van der Waals surface area contributed by atoms with Crippen LogP contribution in [0, 0.1) is 0 Å². The third-order valence-electron chi connectivity index (χ3n) is 11.8. The van der Waals surface area contributed by atoms with Crippen LogP contribution in [0.4, 0.5) is 11.5 Å². The Morgan fingerprint density at radius 3 is 2.45 bits per heavy atom. The van der Waals surface area contributed by atoms with E-state index in [0.717, 1.165) is 123 Å². The van der Waals surface area contributed by atoms with Gasteiger partial charge in [-0.15, -0.1) is 0 Å². The van der Waals surface area contributed by atoms with Gasteiger partial charge in [0.2, 0.25) is 11.8 Å². The molecule has 0 bridgehead atoms. The van der Waals surface area contributed by atoms with E-state index < -0.39 is 23.8 Å². The first kappa shape index (κ1) is 39.4. The van der Waals surface area contributed by atoms with Crippen LogP contribution in [0.25, 0.3) is 22.3 Å². The van der Waals surface area contributed by atoms with Gasteiger partial charge in [0.05, 0.1) is 42.2 Å². The monoisotopic (exact) mass is 792 g/mol. The normalized spacial score (nSPS) is 20.6. The molecule has 16 nitrogen and oxygen atoms in total. The van der Waals surface area contributed by atoms with Crippen LogP contribution in [-0.2, 0) is 14.3 Å². The molecule has 0 aliphatic carbocycles. The molecule has 58 heavy (non-hydrogen) atoms. The van der Waals surface area contributed by atoms with E-state index in [9.17, 15) is 19.2 Å². The Morgan fingerprint density at radius 2 is 1.64 bits per heavy atom. The third kappa shape index (κ3) is 8.40. The summed E-state index contributed by atoms with van der Waals surface area (Å²) in [5.74, 6) is -0.234. The number of amides is 4. The summed E-state index contributed by atoms with van der Waals surface area (Å²) in [5, 5.41) is 11.0. The zero-order valence-electron chi connectivity index (χ0n) is 33.3. The quantitative estimate of drug-likeness (QED) is 0.133. The molecule has 16 heteroatoms. The average molecular weight is 793 g/mol. The molecule has 3 fully saturated rings. The number of ether oxygens (including phenoxy) is 2. The Kier molecular flexibility index (Phi) is 11.9. The maximum Gasteiger partial charge on any atom is 0.262 e. The minimum Gasteiger partial charge on any atom is -0.494 e. The Hall–Kier alpha value is -5.45. The fourth-order valence-corrected chi connectivity index (χ4v) is 8.37. The summed E-state index contributed by atoms with van der Waals surface area (Å²) in [6.45, 7) is 14.0. The summed E-state index contributed by atoms with van der Waals surface area (Å²) >= 11 is 0. The molecular formula is C42H52N10O6. The number of nitrogens with one attached hydrogen (secondary N) is 2. The summed E-state index contributed by atoms with van der Waals surface area (Å²) < 4.78 is 12.1. The van der Waals surface area contributed by atoms with Gasteiger partial charge < -0.3 is 19.3 Å². The molecule has 0 radical (unpaired) electrons. The van der Waals surface area contributed by atoms with E-state index >= 15 is 0 Å². The van der Waals surface area contributed by atoms with E-state index in [1.165, 1.54) is 0 Å². The van der Waals surface area contributed by atoms with Crippen molar-refractivity contribution < 1.29 is 28.7 Å². The first-order chi connectivity index (χ1) is 28.3. The zero-order chi connectivity index (χ0) is 40.2. The van der Waals surface area contributed by atoms with Crippen molar-refractivity contribution in [2.75, 3.05) is 88.5 Å². The highest BCUT2D eigenvalue weighted by Gasteiger charge is 2.45. The molecule has 0 saturated carbocycles. The van der Waals surface area contributed by atoms with Gasteiger partial charge in [0.25, 0.3) is 11.8 Å². The molecule has 3 saturated heterocycles. The predicted octanol–water partition coefficient (Wildman–Crippen LogP) is 3.34. The van der Waals surface area contributed by atoms with Gasteiger partial charge in [-0.2, -0.15) is 5.10 Å². The number of aromatic nitrogens is 4. The highest BCUT2D eigenvalue weighted by atomic mass is 16.5. The molecule has 4 aliphatic heterocycles. The smallest absolute Gasteiger partial charge is 0.262 e. The van der Waals surface area contributed by atoms with Crippen LogP contribution in [0.15, 0.2) is 48.8 Å². The number of hydrogen-bond donors (Lipinski definition) is 2. The number of piperidine rings is 1. The van der Waals surface area contributed by atoms with E-state index in [-0.39, 0.29) is 18.7 Å². The Bertz CT molecular complexity index is 2150. The van der Waals surface area contributed by atoms with Crippen LogP contribution in [0.5, 0.6) is 5.75 Å². The number of unbranched alkanes of at least 4 members (excludes halogenated alkanes) is 2. The molecule has 2 aromatic carbocycles. The number of anilines is 2. The molecule has 4 aromatic rings. The lowest BCUT2D eigenvalue weighted by Gasteiger charge is -2.40. The molecule has 4 aliphatic rings. The Morgan fingerprint density at radius 1 is 0.828 bits per heavy atom. The minimum atomic E-state index is -0.969. The van der Waals surface area contributed by atoms with E-state index in [0.29, 0.717) is 37.0 Å². The van der Waals surface area contributed by atoms with Gasteiger partial charge in [0.1, 0.15) is 29.6 Å². The van der Waals surface area contributed by atoms with Gasteiger partial charge in [-0.1, -0.05) is 19.8 Å². The Labute approximate surface area is 337 Å². The lowest BCUT2D eigenvalue weighted by atomic mass is 10.0. The summed E-state index contributed by atoms with van der Waals surface area (Å²) in [4.78, 5) is 70.0. The van der Waals surface area contributed by atoms with E-state index in [1.807, 2.05) is 30.3 Å². The SMILES string of the molecule is CCCCCOc1ccc2[nH]nc(-c3cc(N4CCN(CCOCCN5CCN(c6ccc7c(c6)C(=O)N(C6CCC(=O)NC6=O)C7=O)CC5)[C@@H](C)C4)ncn3)c2c1. The number of rotatable bonds is 15. The van der Waals surface area contributed by atoms with Crippen molar-refractivity contribution in [2.24, 2.45) is 0 Å². The molecule has 0 spiro atoms. The average Bonchev–Trinajstić information content (AvgIpc) is 3.77. The number of nitrogens with zero attached hydrogens (tertiary/aromatic N) is 8. The number of aromatic amines is 1. The second-order valence-corrected chi connectivity index (χ2v) is 15.5. The first-order valence-corrected chi connectivity index (χ1v) is 20.6. The van der Waals surface area contributed by atoms with Crippen LogP contribution in [0.3, 0.4) is 0 Å². The molecule has 4 amide bonds. The van der Waals surface area contributed by atoms with Crippen molar-refractivity contribution in [3.8, 4) is 17.1 Å². The summed E-state index contributed by atoms with van der Waals surface area (Å²) in [6.07, 6.45) is 5.21. The van der Waals surface area contributed by atoms with E-state index in [1.54, 1.807) is 18.5 Å². The van der Waals surface area contributed by atoms with Gasteiger partial charge in [-0.25, -0.2) is 9.97 Å². The van der Waals surface area contributed by atoms with Crippen molar-refractivity contribution in [3.63, 3.8) is 0 Å². The van der Waals surface area contributed by atoms with Crippen LogP contribution < -0.4 is 19.9 Å². The van der Waals surface area contributed by atoms with Crippen LogP contribution in [-0.4, -0.2) is 149 Å². The minimum absolute atomic E-state index is 0.0950. The number of piperazine rings is 2. The van der Waals surface area contributed by atoms with Gasteiger partial charge in [0.15, 0.2) is 0 Å². The topological polar surface area (TPSA) is 169 Å². The molecule has 6 heterocycles. The van der Waals surface area contributed by atoms with Gasteiger partial charge >= 0.3 is 0 Å². The van der Waals surface area contributed by atoms with Crippen molar-refractivity contribution in [3.05, 3.63) is 59.9 Å². The number of H-pyrrole nitrogens is 1. The lowest BCUT2D eigenvalue weighted by Crippen LogP contribution is -2.54. The van der Waals surface area contributed by atoms with Crippen LogP contribution >= 0.6 is 0 Å². The fourth-order valence-electron chi connectivity index (χ4n) is 8.37. The molecule has 2 N–H and O–H groups in total. The van der Waals surface area contributed by atoms with Gasteiger partial charge in [0, 0.05) is 88.5 Å². The Balaban J connectivity index is 0.759. The van der Waals surface area contributed by atoms with Crippen molar-refractivity contribution in [2.45, 2.75) is 58.0 Å². The largest absolute Gasteiger partial charge is 0.494 e. The van der Waals surface area contributed by atoms with E-state index in [2.05, 4.69) is 58.9 Å². The lowest BCUT2D eigenvalue weighted by molar-refractivity contribution is -0.136. The molecule has 306 valence electrons. The molecule has 2 aromatic heterocycles. The summed E-state index contributed by atoms with van der Waals surface area (Å²) in [7, 11) is 0. The number of hydrogen-bond acceptors (Lipinski definition) is 13. The number of imide groups is 2.